The van der Waals surface area contributed by atoms with Crippen LogP contribution in [0.25, 0.3) is 11.3 Å². The van der Waals surface area contributed by atoms with Gasteiger partial charge >= 0.3 is 0 Å². The van der Waals surface area contributed by atoms with E-state index in [9.17, 15) is 4.79 Å². The number of carbonyl (C=O) groups excluding carboxylic acids is 1. The first-order valence-corrected chi connectivity index (χ1v) is 8.71. The van der Waals surface area contributed by atoms with Gasteiger partial charge in [0.25, 0.3) is 5.22 Å². The number of nitrogens with zero attached hydrogens (tertiary/aromatic N) is 2. The van der Waals surface area contributed by atoms with Gasteiger partial charge in [-0.3, -0.25) is 4.79 Å². The highest BCUT2D eigenvalue weighted by Gasteiger charge is 2.17. The van der Waals surface area contributed by atoms with Crippen LogP contribution in [0.15, 0.2) is 40.1 Å². The Morgan fingerprint density at radius 1 is 1.23 bits per heavy atom. The summed E-state index contributed by atoms with van der Waals surface area (Å²) in [5, 5.41) is 1.21. The molecule has 116 valence electrons. The predicted octanol–water partition coefficient (Wildman–Crippen LogP) is 4.10. The van der Waals surface area contributed by atoms with Crippen molar-refractivity contribution in [3.63, 3.8) is 0 Å². The van der Waals surface area contributed by atoms with E-state index < -0.39 is 0 Å². The van der Waals surface area contributed by atoms with Crippen molar-refractivity contribution in [2.45, 2.75) is 24.5 Å². The normalized spacial score (nSPS) is 15.0. The first-order valence-electron chi connectivity index (χ1n) is 7.35. The molecule has 4 nitrogen and oxygen atoms in total. The molecule has 22 heavy (non-hydrogen) atoms. The maximum Gasteiger partial charge on any atom is 0.256 e. The molecule has 1 fully saturated rings. The largest absolute Gasteiger partial charge is 0.431 e. The molecule has 1 aliphatic heterocycles. The van der Waals surface area contributed by atoms with Gasteiger partial charge in [0.05, 0.1) is 11.9 Å². The van der Waals surface area contributed by atoms with Gasteiger partial charge in [-0.05, 0) is 43.5 Å². The lowest BCUT2D eigenvalue weighted by Gasteiger charge is -2.26. The second-order valence-corrected chi connectivity index (χ2v) is 6.59. The van der Waals surface area contributed by atoms with E-state index in [4.69, 9.17) is 16.0 Å². The van der Waals surface area contributed by atoms with Gasteiger partial charge in [0.2, 0.25) is 5.91 Å². The van der Waals surface area contributed by atoms with E-state index in [1.54, 1.807) is 6.20 Å². The number of hydrogen-bond donors (Lipinski definition) is 0. The number of halogens is 1. The van der Waals surface area contributed by atoms with Crippen LogP contribution in [-0.4, -0.2) is 34.6 Å². The number of piperidine rings is 1. The quantitative estimate of drug-likeness (QED) is 0.789. The third-order valence-electron chi connectivity index (χ3n) is 3.64. The molecule has 3 rings (SSSR count). The Morgan fingerprint density at radius 2 is 1.95 bits per heavy atom. The lowest BCUT2D eigenvalue weighted by atomic mass is 10.1. The van der Waals surface area contributed by atoms with Crippen molar-refractivity contribution in [1.82, 2.24) is 9.88 Å². The van der Waals surface area contributed by atoms with Crippen LogP contribution in [0.3, 0.4) is 0 Å². The fourth-order valence-corrected chi connectivity index (χ4v) is 3.26. The third-order valence-corrected chi connectivity index (χ3v) is 4.72. The molecule has 0 bridgehead atoms. The number of likely N-dealkylation sites (tertiary alicyclic amines) is 1. The Hall–Kier alpha value is -1.46. The molecule has 2 aromatic rings. The molecule has 1 aromatic heterocycles. The Balaban J connectivity index is 1.57. The second kappa shape index (κ2) is 7.20. The summed E-state index contributed by atoms with van der Waals surface area (Å²) in [5.74, 6) is 1.22. The highest BCUT2D eigenvalue weighted by molar-refractivity contribution is 7.99. The predicted molar refractivity (Wildman–Crippen MR) is 88.1 cm³/mol. The Morgan fingerprint density at radius 3 is 2.68 bits per heavy atom. The minimum absolute atomic E-state index is 0.163. The van der Waals surface area contributed by atoms with Crippen molar-refractivity contribution in [3.8, 4) is 11.3 Å². The number of thioether (sulfide) groups is 1. The molecule has 0 spiro atoms. The average Bonchev–Trinajstić information content (AvgIpc) is 3.03. The van der Waals surface area contributed by atoms with Crippen LogP contribution in [-0.2, 0) is 4.79 Å². The molecular weight excluding hydrogens is 320 g/mol. The molecule has 0 radical (unpaired) electrons. The van der Waals surface area contributed by atoms with Gasteiger partial charge in [0.15, 0.2) is 5.76 Å². The minimum Gasteiger partial charge on any atom is -0.431 e. The lowest BCUT2D eigenvalue weighted by molar-refractivity contribution is -0.129. The molecule has 0 saturated carbocycles. The summed E-state index contributed by atoms with van der Waals surface area (Å²) >= 11 is 7.22. The van der Waals surface area contributed by atoms with Gasteiger partial charge in [-0.25, -0.2) is 4.98 Å². The van der Waals surface area contributed by atoms with Crippen molar-refractivity contribution in [1.29, 1.82) is 0 Å². The zero-order valence-electron chi connectivity index (χ0n) is 12.1. The molecule has 1 amide bonds. The van der Waals surface area contributed by atoms with Crippen LogP contribution in [0.1, 0.15) is 19.3 Å². The van der Waals surface area contributed by atoms with Gasteiger partial charge in [-0.15, -0.1) is 0 Å². The van der Waals surface area contributed by atoms with E-state index in [-0.39, 0.29) is 5.91 Å². The van der Waals surface area contributed by atoms with Crippen molar-refractivity contribution in [2.24, 2.45) is 0 Å². The van der Waals surface area contributed by atoms with Crippen LogP contribution in [0.2, 0.25) is 5.02 Å². The van der Waals surface area contributed by atoms with Crippen LogP contribution >= 0.6 is 23.4 Å². The topological polar surface area (TPSA) is 46.3 Å². The first kappa shape index (κ1) is 15.4. The van der Waals surface area contributed by atoms with Crippen LogP contribution in [0.5, 0.6) is 0 Å². The SMILES string of the molecule is O=C(CSc1ncc(-c2ccc(Cl)cc2)o1)N1CCCCC1. The number of rotatable bonds is 4. The van der Waals surface area contributed by atoms with Crippen molar-refractivity contribution in [3.05, 3.63) is 35.5 Å². The average molecular weight is 337 g/mol. The highest BCUT2D eigenvalue weighted by atomic mass is 35.5. The fourth-order valence-electron chi connectivity index (χ4n) is 2.43. The summed E-state index contributed by atoms with van der Waals surface area (Å²) < 4.78 is 5.69. The molecule has 6 heteroatoms. The Labute approximate surface area is 138 Å². The van der Waals surface area contributed by atoms with Crippen LogP contribution < -0.4 is 0 Å². The van der Waals surface area contributed by atoms with E-state index in [0.717, 1.165) is 31.5 Å². The zero-order valence-corrected chi connectivity index (χ0v) is 13.7. The smallest absolute Gasteiger partial charge is 0.256 e. The summed E-state index contributed by atoms with van der Waals surface area (Å²) in [7, 11) is 0. The first-order chi connectivity index (χ1) is 10.7. The molecule has 0 aliphatic carbocycles. The molecule has 0 unspecified atom stereocenters. The lowest BCUT2D eigenvalue weighted by Crippen LogP contribution is -2.36. The summed E-state index contributed by atoms with van der Waals surface area (Å²) in [6, 6.07) is 7.39. The maximum absolute atomic E-state index is 12.1. The van der Waals surface area contributed by atoms with Gasteiger partial charge < -0.3 is 9.32 Å². The molecule has 1 saturated heterocycles. The summed E-state index contributed by atoms with van der Waals surface area (Å²) in [5.41, 5.74) is 0.922. The van der Waals surface area contributed by atoms with Crippen molar-refractivity contribution < 1.29 is 9.21 Å². The minimum atomic E-state index is 0.163. The number of carbonyl (C=O) groups is 1. The molecule has 1 aliphatic rings. The maximum atomic E-state index is 12.1. The van der Waals surface area contributed by atoms with Gasteiger partial charge in [-0.2, -0.15) is 0 Å². The summed E-state index contributed by atoms with van der Waals surface area (Å²) in [6.07, 6.45) is 5.12. The molecule has 0 atom stereocenters. The third kappa shape index (κ3) is 3.84. The molecule has 0 N–H and O–H groups in total. The molecular formula is C16H17ClN2O2S. The van der Waals surface area contributed by atoms with Crippen LogP contribution in [0, 0.1) is 0 Å². The number of amides is 1. The van der Waals surface area contributed by atoms with E-state index in [1.807, 2.05) is 29.2 Å². The number of aromatic nitrogens is 1. The number of oxazole rings is 1. The van der Waals surface area contributed by atoms with Crippen LogP contribution in [0.4, 0.5) is 0 Å². The monoisotopic (exact) mass is 336 g/mol. The van der Waals surface area contributed by atoms with E-state index >= 15 is 0 Å². The second-order valence-electron chi connectivity index (χ2n) is 5.23. The highest BCUT2D eigenvalue weighted by Crippen LogP contribution is 2.26. The van der Waals surface area contributed by atoms with E-state index in [2.05, 4.69) is 4.98 Å². The Kier molecular flexibility index (Phi) is 5.05. The van der Waals surface area contributed by atoms with Gasteiger partial charge in [0.1, 0.15) is 0 Å². The Bertz CT molecular complexity index is 636. The van der Waals surface area contributed by atoms with Crippen molar-refractivity contribution >= 4 is 29.3 Å². The number of benzene rings is 1. The van der Waals surface area contributed by atoms with E-state index in [1.165, 1.54) is 18.2 Å². The number of hydrogen-bond acceptors (Lipinski definition) is 4. The summed E-state index contributed by atoms with van der Waals surface area (Å²) in [6.45, 7) is 1.75. The van der Waals surface area contributed by atoms with Gasteiger partial charge in [-0.1, -0.05) is 23.4 Å². The van der Waals surface area contributed by atoms with Crippen molar-refractivity contribution in [2.75, 3.05) is 18.8 Å². The molecule has 2 heterocycles. The fraction of sp³-hybridized carbons (Fsp3) is 0.375. The summed E-state index contributed by atoms with van der Waals surface area (Å²) in [4.78, 5) is 18.3. The standard InChI is InChI=1S/C16H17ClN2O2S/c17-13-6-4-12(5-7-13)14-10-18-16(21-14)22-11-15(20)19-8-2-1-3-9-19/h4-7,10H,1-3,8-9,11H2. The van der Waals surface area contributed by atoms with E-state index in [0.29, 0.717) is 21.8 Å². The van der Waals surface area contributed by atoms with Gasteiger partial charge in [0, 0.05) is 23.7 Å². The zero-order chi connectivity index (χ0) is 15.4. The molecule has 1 aromatic carbocycles.